The third-order valence-corrected chi connectivity index (χ3v) is 5.92. The SMILES string of the molecule is Fc1ccc2c(-c3c(F)c(F)cc(F)c3F)c3c(F)c(F)c(F)c(F)c3c(-c3cc(F)c(F)c(F)c3)c2c1. The van der Waals surface area contributed by atoms with E-state index in [9.17, 15) is 43.9 Å². The zero-order valence-corrected chi connectivity index (χ0v) is 18.0. The third kappa shape index (κ3) is 3.50. The van der Waals surface area contributed by atoms with Crippen LogP contribution in [0.25, 0.3) is 43.8 Å². The molecule has 5 rings (SSSR count). The fourth-order valence-corrected chi connectivity index (χ4v) is 4.36. The lowest BCUT2D eigenvalue weighted by Crippen LogP contribution is -2.06. The summed E-state index contributed by atoms with van der Waals surface area (Å²) in [5.74, 6) is -24.9. The van der Waals surface area contributed by atoms with Gasteiger partial charge in [-0.2, -0.15) is 0 Å². The van der Waals surface area contributed by atoms with Crippen LogP contribution in [-0.4, -0.2) is 0 Å². The first kappa shape index (κ1) is 25.4. The minimum atomic E-state index is -2.52. The van der Waals surface area contributed by atoms with E-state index in [0.29, 0.717) is 18.2 Å². The molecule has 0 aliphatic carbocycles. The van der Waals surface area contributed by atoms with Gasteiger partial charge >= 0.3 is 0 Å². The Morgan fingerprint density at radius 2 is 0.816 bits per heavy atom. The van der Waals surface area contributed by atoms with Crippen molar-refractivity contribution in [1.82, 2.24) is 0 Å². The summed E-state index contributed by atoms with van der Waals surface area (Å²) < 4.78 is 173. The summed E-state index contributed by atoms with van der Waals surface area (Å²) in [5, 5.41) is -4.43. The van der Waals surface area contributed by atoms with Crippen molar-refractivity contribution in [1.29, 1.82) is 0 Å². The van der Waals surface area contributed by atoms with Crippen LogP contribution in [0.15, 0.2) is 36.4 Å². The maximum Gasteiger partial charge on any atom is 0.198 e. The molecule has 0 aliphatic heterocycles. The molecular formula is C26H6F12. The summed E-state index contributed by atoms with van der Waals surface area (Å²) in [6.07, 6.45) is 0. The molecule has 0 atom stereocenters. The Balaban J connectivity index is 2.19. The highest BCUT2D eigenvalue weighted by Gasteiger charge is 2.32. The van der Waals surface area contributed by atoms with Crippen LogP contribution < -0.4 is 0 Å². The molecule has 0 aliphatic rings. The molecule has 0 heterocycles. The van der Waals surface area contributed by atoms with Crippen LogP contribution in [0.4, 0.5) is 52.7 Å². The van der Waals surface area contributed by atoms with E-state index in [1.165, 1.54) is 0 Å². The predicted molar refractivity (Wildman–Crippen MR) is 112 cm³/mol. The van der Waals surface area contributed by atoms with Crippen LogP contribution in [0.2, 0.25) is 0 Å². The molecule has 5 aromatic rings. The van der Waals surface area contributed by atoms with Gasteiger partial charge in [0.15, 0.2) is 64.0 Å². The van der Waals surface area contributed by atoms with Gasteiger partial charge in [0.05, 0.1) is 5.56 Å². The maximum absolute atomic E-state index is 15.3. The van der Waals surface area contributed by atoms with Crippen LogP contribution in [-0.2, 0) is 0 Å². The van der Waals surface area contributed by atoms with Gasteiger partial charge < -0.3 is 0 Å². The van der Waals surface area contributed by atoms with Gasteiger partial charge in [0.2, 0.25) is 0 Å². The lowest BCUT2D eigenvalue weighted by atomic mass is 9.84. The van der Waals surface area contributed by atoms with Crippen molar-refractivity contribution in [3.63, 3.8) is 0 Å². The Morgan fingerprint density at radius 3 is 1.34 bits per heavy atom. The maximum atomic E-state index is 15.3. The minimum Gasteiger partial charge on any atom is -0.207 e. The molecular weight excluding hydrogens is 540 g/mol. The molecule has 0 nitrogen and oxygen atoms in total. The second kappa shape index (κ2) is 8.67. The minimum absolute atomic E-state index is 0.214. The van der Waals surface area contributed by atoms with E-state index in [0.717, 1.165) is 0 Å². The van der Waals surface area contributed by atoms with E-state index < -0.39 is 114 Å². The van der Waals surface area contributed by atoms with Crippen molar-refractivity contribution in [3.05, 3.63) is 106 Å². The first-order valence-electron chi connectivity index (χ1n) is 10.2. The van der Waals surface area contributed by atoms with Gasteiger partial charge in [-0.1, -0.05) is 6.07 Å². The number of hydrogen-bond donors (Lipinski definition) is 0. The number of rotatable bonds is 2. The zero-order chi connectivity index (χ0) is 27.8. The number of fused-ring (bicyclic) bond motifs is 2. The summed E-state index contributed by atoms with van der Waals surface area (Å²) in [5.41, 5.74) is -4.78. The molecule has 194 valence electrons. The van der Waals surface area contributed by atoms with E-state index in [1.807, 2.05) is 0 Å². The first-order valence-corrected chi connectivity index (χ1v) is 10.2. The molecule has 0 unspecified atom stereocenters. The van der Waals surface area contributed by atoms with Crippen molar-refractivity contribution in [2.45, 2.75) is 0 Å². The molecule has 5 aromatic carbocycles. The Hall–Kier alpha value is -4.22. The zero-order valence-electron chi connectivity index (χ0n) is 18.0. The Morgan fingerprint density at radius 1 is 0.342 bits per heavy atom. The van der Waals surface area contributed by atoms with E-state index in [2.05, 4.69) is 0 Å². The summed E-state index contributed by atoms with van der Waals surface area (Å²) in [6, 6.07) is 2.01. The van der Waals surface area contributed by atoms with Crippen LogP contribution in [0.3, 0.4) is 0 Å². The second-order valence-corrected chi connectivity index (χ2v) is 8.04. The highest BCUT2D eigenvalue weighted by Crippen LogP contribution is 2.48. The summed E-state index contributed by atoms with van der Waals surface area (Å²) in [6.45, 7) is 0. The quantitative estimate of drug-likeness (QED) is 0.0898. The van der Waals surface area contributed by atoms with Gasteiger partial charge in [0.1, 0.15) is 5.82 Å². The van der Waals surface area contributed by atoms with E-state index >= 15 is 8.78 Å². The van der Waals surface area contributed by atoms with E-state index in [-0.39, 0.29) is 18.2 Å². The van der Waals surface area contributed by atoms with Gasteiger partial charge in [-0.3, -0.25) is 0 Å². The van der Waals surface area contributed by atoms with Crippen LogP contribution in [0.5, 0.6) is 0 Å². The Kier molecular flexibility index (Phi) is 5.80. The number of hydrogen-bond acceptors (Lipinski definition) is 0. The smallest absolute Gasteiger partial charge is 0.198 e. The van der Waals surface area contributed by atoms with Crippen LogP contribution in [0, 0.1) is 69.8 Å². The summed E-state index contributed by atoms with van der Waals surface area (Å²) >= 11 is 0. The molecule has 0 fully saturated rings. The fraction of sp³-hybridized carbons (Fsp3) is 0. The first-order chi connectivity index (χ1) is 17.8. The molecule has 0 N–H and O–H groups in total. The standard InChI is InChI=1S/C26H6F12/c27-8-1-2-9-10(5-8)15(7-3-11(28)20(32)12(29)4-7)17-18(24(36)26(38)25(37)23(17)35)16(9)19-21(33)13(30)6-14(31)22(19)34/h1-6H. The molecule has 0 radical (unpaired) electrons. The summed E-state index contributed by atoms with van der Waals surface area (Å²) in [7, 11) is 0. The molecule has 0 spiro atoms. The second-order valence-electron chi connectivity index (χ2n) is 8.04. The predicted octanol–water partition coefficient (Wildman–Crippen LogP) is 9.00. The average Bonchev–Trinajstić information content (AvgIpc) is 2.87. The van der Waals surface area contributed by atoms with Gasteiger partial charge in [0, 0.05) is 28.0 Å². The highest BCUT2D eigenvalue weighted by atomic mass is 19.2. The third-order valence-electron chi connectivity index (χ3n) is 5.92. The molecule has 12 heteroatoms. The largest absolute Gasteiger partial charge is 0.207 e. The van der Waals surface area contributed by atoms with E-state index in [4.69, 9.17) is 0 Å². The highest BCUT2D eigenvalue weighted by molar-refractivity contribution is 6.21. The Bertz CT molecular complexity index is 1790. The van der Waals surface area contributed by atoms with E-state index in [1.54, 1.807) is 0 Å². The lowest BCUT2D eigenvalue weighted by molar-refractivity contribution is 0.418. The average molecular weight is 546 g/mol. The topological polar surface area (TPSA) is 0 Å². The molecule has 0 saturated carbocycles. The molecule has 0 amide bonds. The summed E-state index contributed by atoms with van der Waals surface area (Å²) in [4.78, 5) is 0. The monoisotopic (exact) mass is 546 g/mol. The molecule has 0 bridgehead atoms. The molecule has 38 heavy (non-hydrogen) atoms. The van der Waals surface area contributed by atoms with Crippen molar-refractivity contribution in [2.24, 2.45) is 0 Å². The van der Waals surface area contributed by atoms with Gasteiger partial charge in [-0.05, 0) is 40.6 Å². The van der Waals surface area contributed by atoms with Crippen molar-refractivity contribution < 1.29 is 52.7 Å². The van der Waals surface area contributed by atoms with Crippen molar-refractivity contribution in [2.75, 3.05) is 0 Å². The molecule has 0 saturated heterocycles. The van der Waals surface area contributed by atoms with Crippen LogP contribution >= 0.6 is 0 Å². The van der Waals surface area contributed by atoms with Crippen LogP contribution in [0.1, 0.15) is 0 Å². The molecule has 0 aromatic heterocycles. The lowest BCUT2D eigenvalue weighted by Gasteiger charge is -2.20. The van der Waals surface area contributed by atoms with Gasteiger partial charge in [0.25, 0.3) is 0 Å². The van der Waals surface area contributed by atoms with Gasteiger partial charge in [-0.15, -0.1) is 0 Å². The van der Waals surface area contributed by atoms with Gasteiger partial charge in [-0.25, -0.2) is 52.7 Å². The Labute approximate surface area is 203 Å². The van der Waals surface area contributed by atoms with Crippen molar-refractivity contribution >= 4 is 21.5 Å². The number of halogens is 12. The fourth-order valence-electron chi connectivity index (χ4n) is 4.36. The van der Waals surface area contributed by atoms with Crippen molar-refractivity contribution in [3.8, 4) is 22.3 Å². The number of benzene rings is 5. The normalized spacial score (nSPS) is 11.7.